The fourth-order valence-corrected chi connectivity index (χ4v) is 5.48. The van der Waals surface area contributed by atoms with Gasteiger partial charge in [0.15, 0.2) is 9.84 Å². The summed E-state index contributed by atoms with van der Waals surface area (Å²) in [7, 11) is -1.12. The fourth-order valence-electron chi connectivity index (χ4n) is 2.49. The normalized spacial score (nSPS) is 21.3. The Balaban J connectivity index is 2.26. The maximum atomic E-state index is 12.3. The molecule has 1 N–H and O–H groups in total. The van der Waals surface area contributed by atoms with Crippen molar-refractivity contribution in [2.24, 2.45) is 0 Å². The molecule has 1 aliphatic heterocycles. The van der Waals surface area contributed by atoms with Gasteiger partial charge in [-0.2, -0.15) is 11.8 Å². The van der Waals surface area contributed by atoms with E-state index in [9.17, 15) is 8.42 Å². The Labute approximate surface area is 132 Å². The summed E-state index contributed by atoms with van der Waals surface area (Å²) in [6.45, 7) is 4.62. The third kappa shape index (κ3) is 3.73. The molecule has 21 heavy (non-hydrogen) atoms. The average molecular weight is 329 g/mol. The van der Waals surface area contributed by atoms with E-state index in [1.165, 1.54) is 5.56 Å². The summed E-state index contributed by atoms with van der Waals surface area (Å²) in [5.74, 6) is 1.83. The Morgan fingerprint density at radius 2 is 2.05 bits per heavy atom. The van der Waals surface area contributed by atoms with Crippen LogP contribution < -0.4 is 10.2 Å². The predicted molar refractivity (Wildman–Crippen MR) is 91.8 cm³/mol. The third-order valence-electron chi connectivity index (χ3n) is 4.06. The molecule has 6 heteroatoms. The minimum atomic E-state index is -3.06. The Morgan fingerprint density at radius 1 is 1.38 bits per heavy atom. The molecule has 0 amide bonds. The first-order valence-corrected chi connectivity index (χ1v) is 10.2. The molecule has 1 aromatic carbocycles. The molecule has 0 aliphatic carbocycles. The van der Waals surface area contributed by atoms with E-state index in [0.29, 0.717) is 11.8 Å². The molecule has 2 rings (SSSR count). The van der Waals surface area contributed by atoms with Gasteiger partial charge < -0.3 is 10.2 Å². The number of sulfone groups is 1. The number of benzene rings is 1. The van der Waals surface area contributed by atoms with Gasteiger partial charge in [0.25, 0.3) is 0 Å². The zero-order valence-electron chi connectivity index (χ0n) is 12.9. The highest BCUT2D eigenvalue weighted by molar-refractivity contribution is 8.01. The molecule has 0 radical (unpaired) electrons. The van der Waals surface area contributed by atoms with Crippen LogP contribution in [0.25, 0.3) is 0 Å². The molecular weight excluding hydrogens is 304 g/mol. The van der Waals surface area contributed by atoms with E-state index in [1.807, 2.05) is 24.1 Å². The molecule has 0 saturated carbocycles. The number of thioether (sulfide) groups is 1. The van der Waals surface area contributed by atoms with Crippen LogP contribution in [0, 0.1) is 0 Å². The van der Waals surface area contributed by atoms with Gasteiger partial charge in [-0.25, -0.2) is 8.42 Å². The van der Waals surface area contributed by atoms with Crippen LogP contribution in [0.5, 0.6) is 0 Å². The van der Waals surface area contributed by atoms with Gasteiger partial charge in [0.1, 0.15) is 5.37 Å². The van der Waals surface area contributed by atoms with Crippen LogP contribution in [-0.4, -0.2) is 44.6 Å². The van der Waals surface area contributed by atoms with Crippen LogP contribution in [0.15, 0.2) is 24.3 Å². The highest BCUT2D eigenvalue weighted by Gasteiger charge is 2.32. The fraction of sp³-hybridized carbons (Fsp3) is 0.600. The van der Waals surface area contributed by atoms with Crippen molar-refractivity contribution in [2.45, 2.75) is 25.3 Å². The van der Waals surface area contributed by atoms with Crippen molar-refractivity contribution in [2.75, 3.05) is 35.8 Å². The molecule has 1 saturated heterocycles. The molecule has 2 atom stereocenters. The standard InChI is InChI=1S/C15H24N2O2S2/c1-4-21(18,19)15-11-20-10-9-17(15)14-7-5-13(6-8-14)12(2)16-3/h5-8,12,15-16H,4,9-11H2,1-3H3. The second kappa shape index (κ2) is 7.03. The number of nitrogens with zero attached hydrogens (tertiary/aromatic N) is 1. The molecule has 0 spiro atoms. The first-order chi connectivity index (χ1) is 9.99. The number of rotatable bonds is 5. The first kappa shape index (κ1) is 16.6. The predicted octanol–water partition coefficient (Wildman–Crippen LogP) is 2.28. The molecule has 1 aromatic rings. The Hall–Kier alpha value is -0.720. The van der Waals surface area contributed by atoms with Crippen molar-refractivity contribution < 1.29 is 8.42 Å². The van der Waals surface area contributed by atoms with Crippen LogP contribution in [-0.2, 0) is 9.84 Å². The van der Waals surface area contributed by atoms with Gasteiger partial charge in [0.2, 0.25) is 0 Å². The molecule has 118 valence electrons. The summed E-state index contributed by atoms with van der Waals surface area (Å²) >= 11 is 1.72. The van der Waals surface area contributed by atoms with Crippen molar-refractivity contribution in [3.63, 3.8) is 0 Å². The first-order valence-electron chi connectivity index (χ1n) is 7.32. The molecule has 0 bridgehead atoms. The second-order valence-corrected chi connectivity index (χ2v) is 8.87. The van der Waals surface area contributed by atoms with Crippen LogP contribution >= 0.6 is 11.8 Å². The second-order valence-electron chi connectivity index (χ2n) is 5.28. The van der Waals surface area contributed by atoms with E-state index in [2.05, 4.69) is 24.4 Å². The summed E-state index contributed by atoms with van der Waals surface area (Å²) in [4.78, 5) is 2.04. The van der Waals surface area contributed by atoms with Crippen LogP contribution in [0.1, 0.15) is 25.5 Å². The van der Waals surface area contributed by atoms with E-state index >= 15 is 0 Å². The third-order valence-corrected chi connectivity index (χ3v) is 7.35. The van der Waals surface area contributed by atoms with Gasteiger partial charge in [-0.3, -0.25) is 0 Å². The summed E-state index contributed by atoms with van der Waals surface area (Å²) in [5, 5.41) is 2.81. The molecule has 2 unspecified atom stereocenters. The van der Waals surface area contributed by atoms with Gasteiger partial charge in [0, 0.05) is 35.5 Å². The van der Waals surface area contributed by atoms with Crippen molar-refractivity contribution in [1.29, 1.82) is 0 Å². The maximum Gasteiger partial charge on any atom is 0.171 e. The van der Waals surface area contributed by atoms with E-state index in [1.54, 1.807) is 18.7 Å². The van der Waals surface area contributed by atoms with Crippen molar-refractivity contribution >= 4 is 27.3 Å². The Morgan fingerprint density at radius 3 is 2.62 bits per heavy atom. The maximum absolute atomic E-state index is 12.3. The van der Waals surface area contributed by atoms with E-state index in [0.717, 1.165) is 18.0 Å². The average Bonchev–Trinajstić information content (AvgIpc) is 2.54. The number of hydrogen-bond acceptors (Lipinski definition) is 5. The van der Waals surface area contributed by atoms with Crippen LogP contribution in [0.2, 0.25) is 0 Å². The zero-order valence-corrected chi connectivity index (χ0v) is 14.5. The Kier molecular flexibility index (Phi) is 5.57. The molecule has 1 fully saturated rings. The summed E-state index contributed by atoms with van der Waals surface area (Å²) < 4.78 is 24.6. The van der Waals surface area contributed by atoms with Crippen LogP contribution in [0.4, 0.5) is 5.69 Å². The lowest BCUT2D eigenvalue weighted by molar-refractivity contribution is 0.579. The van der Waals surface area contributed by atoms with Gasteiger partial charge in [0.05, 0.1) is 0 Å². The Bertz CT molecular complexity index is 558. The summed E-state index contributed by atoms with van der Waals surface area (Å²) in [5.41, 5.74) is 2.21. The van der Waals surface area contributed by atoms with Crippen molar-refractivity contribution in [3.05, 3.63) is 29.8 Å². The lowest BCUT2D eigenvalue weighted by Crippen LogP contribution is -2.48. The number of anilines is 1. The molecule has 4 nitrogen and oxygen atoms in total. The minimum absolute atomic E-state index is 0.198. The molecule has 1 aliphatic rings. The largest absolute Gasteiger partial charge is 0.353 e. The highest BCUT2D eigenvalue weighted by atomic mass is 32.2. The summed E-state index contributed by atoms with van der Waals surface area (Å²) in [6, 6.07) is 8.53. The number of hydrogen-bond donors (Lipinski definition) is 1. The van der Waals surface area contributed by atoms with Gasteiger partial charge >= 0.3 is 0 Å². The minimum Gasteiger partial charge on any atom is -0.353 e. The van der Waals surface area contributed by atoms with E-state index in [4.69, 9.17) is 0 Å². The lowest BCUT2D eigenvalue weighted by atomic mass is 10.1. The molecular formula is C15H24N2O2S2. The van der Waals surface area contributed by atoms with Gasteiger partial charge in [-0.15, -0.1) is 0 Å². The highest BCUT2D eigenvalue weighted by Crippen LogP contribution is 2.28. The van der Waals surface area contributed by atoms with Gasteiger partial charge in [-0.1, -0.05) is 19.1 Å². The monoisotopic (exact) mass is 328 g/mol. The lowest BCUT2D eigenvalue weighted by Gasteiger charge is -2.36. The number of nitrogens with one attached hydrogen (secondary N) is 1. The SMILES string of the molecule is CCS(=O)(=O)C1CSCCN1c1ccc(C(C)NC)cc1. The molecule has 1 heterocycles. The molecule has 0 aromatic heterocycles. The topological polar surface area (TPSA) is 49.4 Å². The van der Waals surface area contributed by atoms with Crippen molar-refractivity contribution in [3.8, 4) is 0 Å². The van der Waals surface area contributed by atoms with Crippen LogP contribution in [0.3, 0.4) is 0 Å². The van der Waals surface area contributed by atoms with E-state index < -0.39 is 15.2 Å². The van der Waals surface area contributed by atoms with E-state index in [-0.39, 0.29) is 5.75 Å². The van der Waals surface area contributed by atoms with Gasteiger partial charge in [-0.05, 0) is 31.7 Å². The van der Waals surface area contributed by atoms with Crippen molar-refractivity contribution in [1.82, 2.24) is 5.32 Å². The zero-order chi connectivity index (χ0) is 15.5. The smallest absolute Gasteiger partial charge is 0.171 e. The summed E-state index contributed by atoms with van der Waals surface area (Å²) in [6.07, 6.45) is 0. The quantitative estimate of drug-likeness (QED) is 0.899.